The van der Waals surface area contributed by atoms with Crippen LogP contribution in [0.3, 0.4) is 0 Å². The molecule has 1 aromatic heterocycles. The van der Waals surface area contributed by atoms with E-state index in [2.05, 4.69) is 22.2 Å². The number of thioether (sulfide) groups is 1. The van der Waals surface area contributed by atoms with Crippen molar-refractivity contribution in [3.8, 4) is 0 Å². The summed E-state index contributed by atoms with van der Waals surface area (Å²) in [6.45, 7) is 5.61. The fourth-order valence-corrected chi connectivity index (χ4v) is 4.46. The minimum Gasteiger partial charge on any atom is -0.352 e. The quantitative estimate of drug-likeness (QED) is 0.476. The van der Waals surface area contributed by atoms with Crippen molar-refractivity contribution >= 4 is 23.5 Å². The lowest BCUT2D eigenvalue weighted by molar-refractivity contribution is -0.119. The first-order valence-electron chi connectivity index (χ1n) is 9.27. The third kappa shape index (κ3) is 4.60. The number of hydrogen-bond acceptors (Lipinski definition) is 5. The number of carbonyl (C=O) groups is 2. The maximum Gasteiger partial charge on any atom is 0.230 e. The third-order valence-electron chi connectivity index (χ3n) is 5.17. The number of nitrogens with zero attached hydrogens (tertiary/aromatic N) is 2. The Kier molecular flexibility index (Phi) is 5.77. The first-order chi connectivity index (χ1) is 12.0. The Morgan fingerprint density at radius 1 is 1.16 bits per heavy atom. The van der Waals surface area contributed by atoms with Crippen molar-refractivity contribution < 1.29 is 9.59 Å². The summed E-state index contributed by atoms with van der Waals surface area (Å²) in [5.74, 6) is 2.08. The first kappa shape index (κ1) is 18.4. The van der Waals surface area contributed by atoms with Crippen molar-refractivity contribution in [3.63, 3.8) is 0 Å². The highest BCUT2D eigenvalue weighted by molar-refractivity contribution is 8.00. The Hall–Kier alpha value is -1.43. The molecule has 0 radical (unpaired) electrons. The molecule has 0 bridgehead atoms. The predicted molar refractivity (Wildman–Crippen MR) is 99.0 cm³/mol. The average molecular weight is 362 g/mol. The van der Waals surface area contributed by atoms with Gasteiger partial charge in [0.25, 0.3) is 0 Å². The van der Waals surface area contributed by atoms with Crippen molar-refractivity contribution in [2.45, 2.75) is 76.3 Å². The topological polar surface area (TPSA) is 72.0 Å². The van der Waals surface area contributed by atoms with E-state index in [1.165, 1.54) is 37.9 Å². The molecule has 6 heteroatoms. The van der Waals surface area contributed by atoms with Gasteiger partial charge < -0.3 is 5.32 Å². The van der Waals surface area contributed by atoms with Crippen LogP contribution in [0.2, 0.25) is 0 Å². The molecule has 3 rings (SSSR count). The molecule has 1 amide bonds. The second kappa shape index (κ2) is 7.85. The second-order valence-electron chi connectivity index (χ2n) is 7.40. The SMILES string of the molecule is CC(=O)c1c(C)nc(C2CC2)nc1SCC(=O)N[C@@H]1CCCC[C@H]1C. The Labute approximate surface area is 153 Å². The fourth-order valence-electron chi connectivity index (χ4n) is 3.51. The average Bonchev–Trinajstić information content (AvgIpc) is 3.39. The number of rotatable bonds is 6. The summed E-state index contributed by atoms with van der Waals surface area (Å²) in [5, 5.41) is 3.82. The van der Waals surface area contributed by atoms with Gasteiger partial charge in [-0.3, -0.25) is 9.59 Å². The van der Waals surface area contributed by atoms with E-state index < -0.39 is 0 Å². The van der Waals surface area contributed by atoms with Crippen LogP contribution in [-0.2, 0) is 4.79 Å². The van der Waals surface area contributed by atoms with E-state index in [1.54, 1.807) is 0 Å². The van der Waals surface area contributed by atoms with Gasteiger partial charge in [0.2, 0.25) is 5.91 Å². The third-order valence-corrected chi connectivity index (χ3v) is 6.14. The zero-order valence-electron chi connectivity index (χ0n) is 15.3. The zero-order valence-corrected chi connectivity index (χ0v) is 16.1. The number of Topliss-reactive ketones (excluding diaryl/α,β-unsaturated/α-hetero) is 1. The van der Waals surface area contributed by atoms with Crippen LogP contribution < -0.4 is 5.32 Å². The Bertz CT molecular complexity index is 673. The number of amides is 1. The van der Waals surface area contributed by atoms with Gasteiger partial charge in [0, 0.05) is 12.0 Å². The van der Waals surface area contributed by atoms with Gasteiger partial charge in [-0.15, -0.1) is 0 Å². The van der Waals surface area contributed by atoms with Crippen LogP contribution in [0, 0.1) is 12.8 Å². The number of hydrogen-bond donors (Lipinski definition) is 1. The molecule has 2 aliphatic carbocycles. The van der Waals surface area contributed by atoms with Gasteiger partial charge in [0.1, 0.15) is 10.9 Å². The Morgan fingerprint density at radius 3 is 2.52 bits per heavy atom. The van der Waals surface area contributed by atoms with Crippen LogP contribution >= 0.6 is 11.8 Å². The van der Waals surface area contributed by atoms with Crippen LogP contribution in [0.4, 0.5) is 0 Å². The van der Waals surface area contributed by atoms with Crippen LogP contribution in [0.25, 0.3) is 0 Å². The number of aryl methyl sites for hydroxylation is 1. The van der Waals surface area contributed by atoms with Gasteiger partial charge in [0.15, 0.2) is 5.78 Å². The smallest absolute Gasteiger partial charge is 0.230 e. The molecule has 0 unspecified atom stereocenters. The largest absolute Gasteiger partial charge is 0.352 e. The molecule has 2 atom stereocenters. The second-order valence-corrected chi connectivity index (χ2v) is 8.37. The summed E-state index contributed by atoms with van der Waals surface area (Å²) in [6.07, 6.45) is 6.92. The molecule has 2 fully saturated rings. The van der Waals surface area contributed by atoms with Crippen molar-refractivity contribution in [2.75, 3.05) is 5.75 Å². The van der Waals surface area contributed by atoms with Gasteiger partial charge in [0.05, 0.1) is 17.0 Å². The molecule has 25 heavy (non-hydrogen) atoms. The first-order valence-corrected chi connectivity index (χ1v) is 10.3. The summed E-state index contributed by atoms with van der Waals surface area (Å²) in [5.41, 5.74) is 1.29. The molecule has 0 spiro atoms. The summed E-state index contributed by atoms with van der Waals surface area (Å²) in [6, 6.07) is 0.281. The van der Waals surface area contributed by atoms with Gasteiger partial charge >= 0.3 is 0 Å². The fraction of sp³-hybridized carbons (Fsp3) is 0.684. The van der Waals surface area contributed by atoms with Gasteiger partial charge in [-0.25, -0.2) is 9.97 Å². The summed E-state index contributed by atoms with van der Waals surface area (Å²) < 4.78 is 0. The van der Waals surface area contributed by atoms with Gasteiger partial charge in [-0.05, 0) is 45.4 Å². The molecular formula is C19H27N3O2S. The molecule has 5 nitrogen and oxygen atoms in total. The lowest BCUT2D eigenvalue weighted by Crippen LogP contribution is -2.41. The normalized spacial score (nSPS) is 23.3. The van der Waals surface area contributed by atoms with E-state index in [9.17, 15) is 9.59 Å². The Morgan fingerprint density at radius 2 is 1.88 bits per heavy atom. The van der Waals surface area contributed by atoms with Crippen molar-refractivity contribution in [2.24, 2.45) is 5.92 Å². The molecule has 2 aliphatic rings. The number of carbonyl (C=O) groups excluding carboxylic acids is 2. The van der Waals surface area contributed by atoms with E-state index >= 15 is 0 Å². The highest BCUT2D eigenvalue weighted by Crippen LogP contribution is 2.39. The molecule has 0 aliphatic heterocycles. The maximum absolute atomic E-state index is 12.4. The van der Waals surface area contributed by atoms with Crippen molar-refractivity contribution in [1.82, 2.24) is 15.3 Å². The van der Waals surface area contributed by atoms with Crippen LogP contribution in [0.15, 0.2) is 5.03 Å². The zero-order chi connectivity index (χ0) is 18.0. The summed E-state index contributed by atoms with van der Waals surface area (Å²) >= 11 is 1.36. The molecule has 0 aromatic carbocycles. The number of nitrogens with one attached hydrogen (secondary N) is 1. The van der Waals surface area contributed by atoms with Gasteiger partial charge in [-0.2, -0.15) is 0 Å². The molecule has 1 N–H and O–H groups in total. The Balaban J connectivity index is 1.67. The van der Waals surface area contributed by atoms with Crippen LogP contribution in [0.5, 0.6) is 0 Å². The highest BCUT2D eigenvalue weighted by Gasteiger charge is 2.29. The summed E-state index contributed by atoms with van der Waals surface area (Å²) in [4.78, 5) is 33.5. The molecule has 136 valence electrons. The molecule has 0 saturated heterocycles. The molecular weight excluding hydrogens is 334 g/mol. The van der Waals surface area contributed by atoms with E-state index in [4.69, 9.17) is 0 Å². The molecule has 1 heterocycles. The predicted octanol–water partition coefficient (Wildman–Crippen LogP) is 3.65. The van der Waals surface area contributed by atoms with Crippen LogP contribution in [0.1, 0.15) is 80.2 Å². The lowest BCUT2D eigenvalue weighted by atomic mass is 9.86. The summed E-state index contributed by atoms with van der Waals surface area (Å²) in [7, 11) is 0. The van der Waals surface area contributed by atoms with E-state index in [0.717, 1.165) is 30.8 Å². The van der Waals surface area contributed by atoms with Crippen molar-refractivity contribution in [3.05, 3.63) is 17.1 Å². The van der Waals surface area contributed by atoms with E-state index in [-0.39, 0.29) is 17.7 Å². The van der Waals surface area contributed by atoms with E-state index in [0.29, 0.717) is 28.2 Å². The lowest BCUT2D eigenvalue weighted by Gasteiger charge is -2.29. The van der Waals surface area contributed by atoms with E-state index in [1.807, 2.05) is 6.92 Å². The number of ketones is 1. The minimum atomic E-state index is -0.0383. The molecule has 1 aromatic rings. The number of aromatic nitrogens is 2. The minimum absolute atomic E-state index is 0.0301. The standard InChI is InChI=1S/C19H27N3O2S/c1-11-6-4-5-7-15(11)21-16(24)10-25-19-17(13(3)23)12(2)20-18(22-19)14-8-9-14/h11,14-15H,4-10H2,1-3H3,(H,21,24)/t11-,15-/m1/s1. The monoisotopic (exact) mass is 361 g/mol. The van der Waals surface area contributed by atoms with Gasteiger partial charge in [-0.1, -0.05) is 31.5 Å². The molecule has 2 saturated carbocycles. The van der Waals surface area contributed by atoms with Crippen LogP contribution in [-0.4, -0.2) is 33.5 Å². The van der Waals surface area contributed by atoms with Crippen molar-refractivity contribution in [1.29, 1.82) is 0 Å². The maximum atomic E-state index is 12.4. The highest BCUT2D eigenvalue weighted by atomic mass is 32.2.